The van der Waals surface area contributed by atoms with Gasteiger partial charge in [0.05, 0.1) is 30.4 Å². The number of benzene rings is 1. The lowest BCUT2D eigenvalue weighted by Crippen LogP contribution is -2.50. The zero-order valence-electron chi connectivity index (χ0n) is 27.6. The molecule has 5 amide bonds. The fourth-order valence-corrected chi connectivity index (χ4v) is 5.78. The molecule has 2 aliphatic rings. The average Bonchev–Trinajstić information content (AvgIpc) is 2.98. The summed E-state index contributed by atoms with van der Waals surface area (Å²) in [6, 6.07) is 4.28. The molecule has 11 nitrogen and oxygen atoms in total. The molecule has 1 saturated carbocycles. The number of fused-ring (bicyclic) bond motifs is 1. The summed E-state index contributed by atoms with van der Waals surface area (Å²) in [7, 11) is 1.79. The Morgan fingerprint density at radius 3 is 2.45 bits per heavy atom. The number of amides is 5. The highest BCUT2D eigenvalue weighted by atomic mass is 16.5. The molecule has 4 atom stereocenters. The fourth-order valence-electron chi connectivity index (χ4n) is 5.78. The highest BCUT2D eigenvalue weighted by molar-refractivity contribution is 5.99. The summed E-state index contributed by atoms with van der Waals surface area (Å²) in [6.45, 7) is 10.5. The summed E-state index contributed by atoms with van der Waals surface area (Å²) in [5.41, 5.74) is 0.772. The van der Waals surface area contributed by atoms with E-state index < -0.39 is 6.04 Å². The Morgan fingerprint density at radius 1 is 1.07 bits per heavy atom. The van der Waals surface area contributed by atoms with Crippen LogP contribution in [0.25, 0.3) is 0 Å². The molecule has 1 aliphatic carbocycles. The second-order valence-corrected chi connectivity index (χ2v) is 12.9. The normalized spacial score (nSPS) is 23.1. The lowest BCUT2D eigenvalue weighted by Gasteiger charge is -2.36. The van der Waals surface area contributed by atoms with E-state index in [2.05, 4.69) is 16.0 Å². The van der Waals surface area contributed by atoms with Gasteiger partial charge in [-0.3, -0.25) is 4.79 Å². The van der Waals surface area contributed by atoms with E-state index in [4.69, 9.17) is 9.47 Å². The second-order valence-electron chi connectivity index (χ2n) is 12.9. The molecule has 44 heavy (non-hydrogen) atoms. The Balaban J connectivity index is 1.86. The molecule has 1 fully saturated rings. The molecule has 0 radical (unpaired) electrons. The SMILES string of the molecule is CC(C)NC(=O)Nc1ccc2c(c1)C(=O)N([C@H](C)CO)C[C@H](C)[C@H](CN(C)C(=O)NC1CCCCC1)OCCCC[C@H](C)O2. The van der Waals surface area contributed by atoms with Crippen LogP contribution < -0.4 is 20.7 Å². The Morgan fingerprint density at radius 2 is 1.77 bits per heavy atom. The molecule has 0 saturated heterocycles. The third-order valence-electron chi connectivity index (χ3n) is 8.46. The van der Waals surface area contributed by atoms with E-state index in [1.165, 1.54) is 6.42 Å². The van der Waals surface area contributed by atoms with Gasteiger partial charge >= 0.3 is 12.1 Å². The quantitative estimate of drug-likeness (QED) is 0.341. The third-order valence-corrected chi connectivity index (χ3v) is 8.46. The zero-order valence-corrected chi connectivity index (χ0v) is 27.6. The summed E-state index contributed by atoms with van der Waals surface area (Å²) < 4.78 is 12.6. The summed E-state index contributed by atoms with van der Waals surface area (Å²) in [5.74, 6) is -0.0287. The van der Waals surface area contributed by atoms with Gasteiger partial charge in [-0.2, -0.15) is 0 Å². The van der Waals surface area contributed by atoms with Gasteiger partial charge in [-0.15, -0.1) is 0 Å². The van der Waals surface area contributed by atoms with Crippen LogP contribution in [-0.2, 0) is 4.74 Å². The van der Waals surface area contributed by atoms with Gasteiger partial charge in [0.1, 0.15) is 5.75 Å². The standard InChI is InChI=1S/C33H55N5O6/c1-22(2)34-32(41)35-27-15-16-29-28(18-27)31(40)38(24(4)21-39)19-23(3)30(43-17-11-10-12-25(5)44-29)20-37(6)33(42)36-26-13-8-7-9-14-26/h15-16,18,22-26,30,39H,7-14,17,19-21H2,1-6H3,(H,36,42)(H2,34,35,41)/t23-,24+,25-,30-/m0/s1. The first kappa shape index (κ1) is 35.4. The molecule has 1 aromatic carbocycles. The molecule has 0 bridgehead atoms. The maximum atomic E-state index is 14.2. The molecule has 1 heterocycles. The molecule has 0 spiro atoms. The molecule has 0 aromatic heterocycles. The van der Waals surface area contributed by atoms with Crippen LogP contribution in [0.15, 0.2) is 18.2 Å². The first-order chi connectivity index (χ1) is 21.0. The second kappa shape index (κ2) is 17.4. The minimum Gasteiger partial charge on any atom is -0.490 e. The smallest absolute Gasteiger partial charge is 0.319 e. The van der Waals surface area contributed by atoms with Gasteiger partial charge in [-0.25, -0.2) is 9.59 Å². The van der Waals surface area contributed by atoms with Crippen LogP contribution >= 0.6 is 0 Å². The van der Waals surface area contributed by atoms with Gasteiger partial charge in [0.2, 0.25) is 0 Å². The van der Waals surface area contributed by atoms with Crippen molar-refractivity contribution in [2.24, 2.45) is 5.92 Å². The minimum atomic E-state index is -0.489. The molecule has 248 valence electrons. The van der Waals surface area contributed by atoms with E-state index in [0.717, 1.165) is 44.9 Å². The Labute approximate surface area is 263 Å². The molecule has 3 rings (SSSR count). The van der Waals surface area contributed by atoms with Crippen molar-refractivity contribution in [3.63, 3.8) is 0 Å². The zero-order chi connectivity index (χ0) is 32.2. The van der Waals surface area contributed by atoms with Gasteiger partial charge in [0.15, 0.2) is 0 Å². The number of hydrogen-bond donors (Lipinski definition) is 4. The predicted molar refractivity (Wildman–Crippen MR) is 172 cm³/mol. The number of nitrogens with one attached hydrogen (secondary N) is 3. The number of carbonyl (C=O) groups is 3. The van der Waals surface area contributed by atoms with Crippen molar-refractivity contribution in [2.45, 2.75) is 116 Å². The number of aliphatic hydroxyl groups excluding tert-OH is 1. The number of hydrogen-bond acceptors (Lipinski definition) is 6. The summed E-state index contributed by atoms with van der Waals surface area (Å²) in [6.07, 6.45) is 7.54. The van der Waals surface area contributed by atoms with Crippen LogP contribution in [0.3, 0.4) is 0 Å². The highest BCUT2D eigenvalue weighted by Gasteiger charge is 2.31. The van der Waals surface area contributed by atoms with Crippen molar-refractivity contribution >= 4 is 23.7 Å². The number of likely N-dealkylation sites (N-methyl/N-ethyl adjacent to an activating group) is 1. The Bertz CT molecular complexity index is 1080. The van der Waals surface area contributed by atoms with Crippen molar-refractivity contribution in [1.29, 1.82) is 0 Å². The summed E-state index contributed by atoms with van der Waals surface area (Å²) >= 11 is 0. The van der Waals surface area contributed by atoms with Gasteiger partial charge < -0.3 is 40.3 Å². The van der Waals surface area contributed by atoms with E-state index >= 15 is 0 Å². The summed E-state index contributed by atoms with van der Waals surface area (Å²) in [4.78, 5) is 43.0. The van der Waals surface area contributed by atoms with E-state index in [1.807, 2.05) is 27.7 Å². The van der Waals surface area contributed by atoms with Crippen molar-refractivity contribution in [1.82, 2.24) is 20.4 Å². The van der Waals surface area contributed by atoms with E-state index in [1.54, 1.807) is 42.0 Å². The molecule has 1 aliphatic heterocycles. The number of rotatable bonds is 7. The lowest BCUT2D eigenvalue weighted by molar-refractivity contribution is -0.0123. The first-order valence-electron chi connectivity index (χ1n) is 16.4. The molecule has 11 heteroatoms. The monoisotopic (exact) mass is 617 g/mol. The van der Waals surface area contributed by atoms with Gasteiger partial charge in [-0.05, 0) is 78.0 Å². The van der Waals surface area contributed by atoms with Crippen LogP contribution in [0.1, 0.15) is 96.3 Å². The first-order valence-corrected chi connectivity index (χ1v) is 16.4. The van der Waals surface area contributed by atoms with Gasteiger partial charge in [0.25, 0.3) is 5.91 Å². The van der Waals surface area contributed by atoms with Crippen molar-refractivity contribution in [3.05, 3.63) is 23.8 Å². The number of urea groups is 2. The Hall–Kier alpha value is -3.05. The fraction of sp³-hybridized carbons (Fsp3) is 0.727. The van der Waals surface area contributed by atoms with Gasteiger partial charge in [0, 0.05) is 50.4 Å². The van der Waals surface area contributed by atoms with Crippen LogP contribution in [0.2, 0.25) is 0 Å². The van der Waals surface area contributed by atoms with Crippen LogP contribution in [0.5, 0.6) is 5.75 Å². The molecular weight excluding hydrogens is 562 g/mol. The van der Waals surface area contributed by atoms with Crippen LogP contribution in [-0.4, -0.2) is 96.6 Å². The predicted octanol–water partition coefficient (Wildman–Crippen LogP) is 4.99. The van der Waals surface area contributed by atoms with Crippen molar-refractivity contribution < 1.29 is 29.0 Å². The molecule has 4 N–H and O–H groups in total. The number of anilines is 1. The highest BCUT2D eigenvalue weighted by Crippen LogP contribution is 2.28. The van der Waals surface area contributed by atoms with Crippen LogP contribution in [0, 0.1) is 5.92 Å². The number of carbonyl (C=O) groups excluding carboxylic acids is 3. The van der Waals surface area contributed by atoms with E-state index in [0.29, 0.717) is 36.7 Å². The number of nitrogens with zero attached hydrogens (tertiary/aromatic N) is 2. The largest absolute Gasteiger partial charge is 0.490 e. The van der Waals surface area contributed by atoms with Crippen molar-refractivity contribution in [2.75, 3.05) is 38.7 Å². The maximum Gasteiger partial charge on any atom is 0.319 e. The molecule has 0 unspecified atom stereocenters. The van der Waals surface area contributed by atoms with Crippen molar-refractivity contribution in [3.8, 4) is 5.75 Å². The number of ether oxygens (including phenoxy) is 2. The topological polar surface area (TPSA) is 132 Å². The molecular formula is C33H55N5O6. The Kier molecular flexibility index (Phi) is 14.0. The average molecular weight is 618 g/mol. The summed E-state index contributed by atoms with van der Waals surface area (Å²) in [5, 5.41) is 18.9. The minimum absolute atomic E-state index is 0.0481. The van der Waals surface area contributed by atoms with E-state index in [9.17, 15) is 19.5 Å². The van der Waals surface area contributed by atoms with Gasteiger partial charge in [-0.1, -0.05) is 26.2 Å². The third kappa shape index (κ3) is 10.8. The lowest BCUT2D eigenvalue weighted by atomic mass is 9.96. The van der Waals surface area contributed by atoms with Crippen LogP contribution in [0.4, 0.5) is 15.3 Å². The van der Waals surface area contributed by atoms with E-state index in [-0.39, 0.29) is 54.8 Å². The number of aliphatic hydroxyl groups is 1. The molecule has 1 aromatic rings. The maximum absolute atomic E-state index is 14.2.